The number of methoxy groups -OCH3 is 1. The first kappa shape index (κ1) is 20.1. The molecule has 1 atom stereocenters. The predicted octanol–water partition coefficient (Wildman–Crippen LogP) is 4.54. The van der Waals surface area contributed by atoms with E-state index in [2.05, 4.69) is 4.90 Å². The summed E-state index contributed by atoms with van der Waals surface area (Å²) in [4.78, 5) is 2.24. The highest BCUT2D eigenvalue weighted by Crippen LogP contribution is 2.47. The third-order valence-corrected chi connectivity index (χ3v) is 8.90. The van der Waals surface area contributed by atoms with Gasteiger partial charge in [-0.15, -0.1) is 11.6 Å². The van der Waals surface area contributed by atoms with Crippen molar-refractivity contribution in [2.75, 3.05) is 25.1 Å². The van der Waals surface area contributed by atoms with Gasteiger partial charge in [-0.3, -0.25) is 0 Å². The van der Waals surface area contributed by atoms with E-state index in [0.29, 0.717) is 0 Å². The van der Waals surface area contributed by atoms with Crippen LogP contribution >= 0.6 is 18.7 Å². The summed E-state index contributed by atoms with van der Waals surface area (Å²) in [5, 5.41) is 2.52. The molecule has 1 fully saturated rings. The van der Waals surface area contributed by atoms with Gasteiger partial charge in [-0.25, -0.2) is 0 Å². The summed E-state index contributed by atoms with van der Waals surface area (Å²) in [6.45, 7) is 1.60. The van der Waals surface area contributed by atoms with Crippen molar-refractivity contribution in [1.82, 2.24) is 0 Å². The SMILES string of the molecule is COc1cccc(P(=O)(c2ccccc2)c2ccccc2)c1N1CCC[C@H](Cl)C1. The van der Waals surface area contributed by atoms with Crippen LogP contribution in [-0.4, -0.2) is 25.6 Å². The maximum atomic E-state index is 14.9. The minimum Gasteiger partial charge on any atom is -0.495 e. The largest absolute Gasteiger partial charge is 0.495 e. The number of anilines is 1. The molecule has 1 aliphatic rings. The Hall–Kier alpha value is -2.22. The van der Waals surface area contributed by atoms with Crippen molar-refractivity contribution in [3.8, 4) is 5.75 Å². The summed E-state index contributed by atoms with van der Waals surface area (Å²) in [6.07, 6.45) is 2.00. The topological polar surface area (TPSA) is 29.5 Å². The Balaban J connectivity index is 1.98. The Labute approximate surface area is 177 Å². The minimum absolute atomic E-state index is 0.0781. The Morgan fingerprint density at radius 2 is 1.55 bits per heavy atom. The van der Waals surface area contributed by atoms with E-state index in [0.717, 1.165) is 53.3 Å². The molecule has 3 aromatic rings. The lowest BCUT2D eigenvalue weighted by molar-refractivity contribution is 0.413. The quantitative estimate of drug-likeness (QED) is 0.444. The molecule has 150 valence electrons. The van der Waals surface area contributed by atoms with Crippen LogP contribution in [0.25, 0.3) is 0 Å². The number of ether oxygens (including phenoxy) is 1. The van der Waals surface area contributed by atoms with Crippen LogP contribution in [0.5, 0.6) is 5.75 Å². The lowest BCUT2D eigenvalue weighted by Gasteiger charge is -2.35. The van der Waals surface area contributed by atoms with Gasteiger partial charge in [-0.05, 0) is 25.0 Å². The Morgan fingerprint density at radius 3 is 2.10 bits per heavy atom. The number of benzene rings is 3. The highest BCUT2D eigenvalue weighted by Gasteiger charge is 2.35. The zero-order valence-electron chi connectivity index (χ0n) is 16.5. The van der Waals surface area contributed by atoms with Crippen molar-refractivity contribution in [2.45, 2.75) is 18.2 Å². The third kappa shape index (κ3) is 3.82. The van der Waals surface area contributed by atoms with E-state index in [1.54, 1.807) is 7.11 Å². The minimum atomic E-state index is -3.11. The first-order chi connectivity index (χ1) is 14.1. The van der Waals surface area contributed by atoms with Crippen LogP contribution in [0.15, 0.2) is 78.9 Å². The van der Waals surface area contributed by atoms with E-state index in [4.69, 9.17) is 16.3 Å². The molecule has 0 bridgehead atoms. The zero-order valence-corrected chi connectivity index (χ0v) is 18.2. The van der Waals surface area contributed by atoms with Gasteiger partial charge in [-0.1, -0.05) is 66.7 Å². The standard InChI is InChI=1S/C24H25ClNO2P/c1-28-22-15-8-16-23(24(22)26-17-9-10-19(25)18-26)29(27,20-11-4-2-5-12-20)21-13-6-3-7-14-21/h2-8,11-16,19H,9-10,17-18H2,1H3/t19-/m0/s1. The fraction of sp³-hybridized carbons (Fsp3) is 0.250. The smallest absolute Gasteiger partial charge is 0.173 e. The van der Waals surface area contributed by atoms with Crippen LogP contribution in [-0.2, 0) is 4.57 Å². The molecule has 0 spiro atoms. The molecule has 1 heterocycles. The molecule has 0 unspecified atom stereocenters. The molecule has 1 saturated heterocycles. The van der Waals surface area contributed by atoms with E-state index < -0.39 is 7.14 Å². The van der Waals surface area contributed by atoms with Gasteiger partial charge in [0, 0.05) is 29.0 Å². The molecule has 0 saturated carbocycles. The third-order valence-electron chi connectivity index (χ3n) is 5.46. The van der Waals surface area contributed by atoms with Crippen molar-refractivity contribution in [3.63, 3.8) is 0 Å². The molecule has 3 nitrogen and oxygen atoms in total. The monoisotopic (exact) mass is 425 g/mol. The lowest BCUT2D eigenvalue weighted by atomic mass is 10.1. The van der Waals surface area contributed by atoms with Crippen LogP contribution in [0.3, 0.4) is 0 Å². The van der Waals surface area contributed by atoms with Crippen molar-refractivity contribution in [3.05, 3.63) is 78.9 Å². The molecular formula is C24H25ClNO2P. The van der Waals surface area contributed by atoms with E-state index >= 15 is 0 Å². The van der Waals surface area contributed by atoms with Crippen molar-refractivity contribution < 1.29 is 9.30 Å². The van der Waals surface area contributed by atoms with Gasteiger partial charge in [0.1, 0.15) is 5.75 Å². The van der Waals surface area contributed by atoms with Crippen LogP contribution < -0.4 is 25.6 Å². The molecule has 3 aromatic carbocycles. The second kappa shape index (κ2) is 8.65. The number of hydrogen-bond acceptors (Lipinski definition) is 3. The molecule has 0 N–H and O–H groups in total. The summed E-state index contributed by atoms with van der Waals surface area (Å²) in [6, 6.07) is 25.4. The fourth-order valence-corrected chi connectivity index (χ4v) is 7.28. The van der Waals surface area contributed by atoms with Crippen LogP contribution in [0.2, 0.25) is 0 Å². The Bertz CT molecular complexity index is 966. The maximum absolute atomic E-state index is 14.9. The summed E-state index contributed by atoms with van der Waals surface area (Å²) in [5.41, 5.74) is 0.899. The summed E-state index contributed by atoms with van der Waals surface area (Å²) in [7, 11) is -1.44. The Morgan fingerprint density at radius 1 is 0.931 bits per heavy atom. The zero-order chi connectivity index (χ0) is 20.3. The molecular weight excluding hydrogens is 401 g/mol. The lowest BCUT2D eigenvalue weighted by Crippen LogP contribution is -2.40. The van der Waals surface area contributed by atoms with Crippen molar-refractivity contribution >= 4 is 40.3 Å². The van der Waals surface area contributed by atoms with Gasteiger partial charge >= 0.3 is 0 Å². The molecule has 0 radical (unpaired) electrons. The number of halogens is 1. The molecule has 5 heteroatoms. The van der Waals surface area contributed by atoms with Gasteiger partial charge in [-0.2, -0.15) is 0 Å². The highest BCUT2D eigenvalue weighted by molar-refractivity contribution is 7.85. The fourth-order valence-electron chi connectivity index (χ4n) is 4.08. The van der Waals surface area contributed by atoms with Crippen molar-refractivity contribution in [2.24, 2.45) is 0 Å². The van der Waals surface area contributed by atoms with E-state index in [-0.39, 0.29) is 5.38 Å². The molecule has 0 amide bonds. The second-order valence-corrected chi connectivity index (χ2v) is 10.6. The predicted molar refractivity (Wildman–Crippen MR) is 123 cm³/mol. The number of hydrogen-bond donors (Lipinski definition) is 0. The molecule has 0 aromatic heterocycles. The van der Waals surface area contributed by atoms with Crippen LogP contribution in [0.4, 0.5) is 5.69 Å². The first-order valence-electron chi connectivity index (χ1n) is 9.92. The van der Waals surface area contributed by atoms with Gasteiger partial charge in [0.2, 0.25) is 0 Å². The maximum Gasteiger partial charge on any atom is 0.173 e. The van der Waals surface area contributed by atoms with Crippen LogP contribution in [0.1, 0.15) is 12.8 Å². The number of alkyl halides is 1. The van der Waals surface area contributed by atoms with Gasteiger partial charge in [0.05, 0.1) is 18.2 Å². The average Bonchev–Trinajstić information content (AvgIpc) is 2.79. The summed E-state index contributed by atoms with van der Waals surface area (Å²) >= 11 is 6.51. The van der Waals surface area contributed by atoms with E-state index in [1.165, 1.54) is 0 Å². The van der Waals surface area contributed by atoms with Gasteiger partial charge in [0.15, 0.2) is 7.14 Å². The molecule has 0 aliphatic carbocycles. The number of para-hydroxylation sites is 1. The van der Waals surface area contributed by atoms with Gasteiger partial charge < -0.3 is 14.2 Å². The average molecular weight is 426 g/mol. The molecule has 29 heavy (non-hydrogen) atoms. The highest BCUT2D eigenvalue weighted by atomic mass is 35.5. The first-order valence-corrected chi connectivity index (χ1v) is 12.1. The number of rotatable bonds is 5. The molecule has 4 rings (SSSR count). The van der Waals surface area contributed by atoms with Crippen LogP contribution in [0, 0.1) is 0 Å². The van der Waals surface area contributed by atoms with E-state index in [9.17, 15) is 4.57 Å². The van der Waals surface area contributed by atoms with Gasteiger partial charge in [0.25, 0.3) is 0 Å². The number of nitrogens with zero attached hydrogens (tertiary/aromatic N) is 1. The normalized spacial score (nSPS) is 17.2. The number of piperidine rings is 1. The summed E-state index contributed by atoms with van der Waals surface area (Å²) < 4.78 is 20.7. The van der Waals surface area contributed by atoms with E-state index in [1.807, 2.05) is 78.9 Å². The van der Waals surface area contributed by atoms with Crippen molar-refractivity contribution in [1.29, 1.82) is 0 Å². The molecule has 1 aliphatic heterocycles. The second-order valence-electron chi connectivity index (χ2n) is 7.29. The Kier molecular flexibility index (Phi) is 5.99. The summed E-state index contributed by atoms with van der Waals surface area (Å²) in [5.74, 6) is 0.736.